The molecule has 2 aromatic rings. The van der Waals surface area contributed by atoms with Crippen molar-refractivity contribution in [2.45, 2.75) is 13.8 Å². The highest BCUT2D eigenvalue weighted by atomic mass is 16.5. The van der Waals surface area contributed by atoms with Crippen LogP contribution in [-0.2, 0) is 0 Å². The number of benzene rings is 2. The smallest absolute Gasteiger partial charge is 0.187 e. The molecule has 0 radical (unpaired) electrons. The van der Waals surface area contributed by atoms with E-state index in [-0.39, 0.29) is 56.5 Å². The van der Waals surface area contributed by atoms with Crippen molar-refractivity contribution in [3.63, 3.8) is 0 Å². The van der Waals surface area contributed by atoms with Crippen LogP contribution in [0.1, 0.15) is 52.6 Å². The Kier molecular flexibility index (Phi) is 4.50. The van der Waals surface area contributed by atoms with Crippen molar-refractivity contribution in [3.05, 3.63) is 69.8 Å². The van der Waals surface area contributed by atoms with E-state index in [2.05, 4.69) is 0 Å². The Morgan fingerprint density at radius 3 is 1.20 bits per heavy atom. The number of carbonyl (C=O) groups excluding carboxylic acids is 4. The molecule has 2 aliphatic carbocycles. The first-order chi connectivity index (χ1) is 14.3. The molecule has 0 fully saturated rings. The molecule has 150 valence electrons. The van der Waals surface area contributed by atoms with Gasteiger partial charge in [-0.1, -0.05) is 0 Å². The van der Waals surface area contributed by atoms with Gasteiger partial charge in [0.25, 0.3) is 0 Å². The summed E-state index contributed by atoms with van der Waals surface area (Å²) in [5.41, 5.74) is 2.50. The predicted molar refractivity (Wildman–Crippen MR) is 110 cm³/mol. The average Bonchev–Trinajstić information content (AvgIpc) is 2.72. The minimum atomic E-state index is -0.389. The van der Waals surface area contributed by atoms with E-state index in [1.165, 1.54) is 38.5 Å². The third kappa shape index (κ3) is 2.64. The summed E-state index contributed by atoms with van der Waals surface area (Å²) >= 11 is 0. The molecule has 0 N–H and O–H groups in total. The van der Waals surface area contributed by atoms with Crippen molar-refractivity contribution in [2.24, 2.45) is 0 Å². The van der Waals surface area contributed by atoms with E-state index in [0.717, 1.165) is 0 Å². The predicted octanol–water partition coefficient (Wildman–Crippen LogP) is 3.86. The number of ketones is 4. The second-order valence-corrected chi connectivity index (χ2v) is 7.17. The van der Waals surface area contributed by atoms with Gasteiger partial charge in [0.2, 0.25) is 0 Å². The molecule has 0 spiro atoms. The van der Waals surface area contributed by atoms with E-state index in [1.54, 1.807) is 26.0 Å². The van der Waals surface area contributed by atoms with Gasteiger partial charge in [0.05, 0.1) is 14.2 Å². The first kappa shape index (κ1) is 19.5. The topological polar surface area (TPSA) is 86.7 Å². The molecule has 6 heteroatoms. The lowest BCUT2D eigenvalue weighted by Crippen LogP contribution is -2.18. The van der Waals surface area contributed by atoms with Crippen molar-refractivity contribution in [3.8, 4) is 22.6 Å². The van der Waals surface area contributed by atoms with Crippen LogP contribution in [0.4, 0.5) is 0 Å². The summed E-state index contributed by atoms with van der Waals surface area (Å²) < 4.78 is 11.2. The number of aryl methyl sites for hydroxylation is 2. The monoisotopic (exact) mass is 402 g/mol. The molecule has 30 heavy (non-hydrogen) atoms. The lowest BCUT2D eigenvalue weighted by Gasteiger charge is -2.25. The molecule has 0 unspecified atom stereocenters. The zero-order chi connectivity index (χ0) is 21.7. The Morgan fingerprint density at radius 1 is 0.533 bits per heavy atom. The van der Waals surface area contributed by atoms with Crippen molar-refractivity contribution in [2.75, 3.05) is 14.2 Å². The molecule has 0 saturated heterocycles. The fraction of sp³-hybridized carbons (Fsp3) is 0.167. The van der Waals surface area contributed by atoms with Crippen LogP contribution in [0.2, 0.25) is 0 Å². The summed E-state index contributed by atoms with van der Waals surface area (Å²) in [5.74, 6) is -0.739. The highest BCUT2D eigenvalue weighted by Gasteiger charge is 2.34. The van der Waals surface area contributed by atoms with Crippen LogP contribution in [-0.4, -0.2) is 37.4 Å². The molecule has 0 saturated carbocycles. The summed E-state index contributed by atoms with van der Waals surface area (Å²) in [7, 11) is 2.90. The summed E-state index contributed by atoms with van der Waals surface area (Å²) in [4.78, 5) is 50.9. The first-order valence-corrected chi connectivity index (χ1v) is 9.27. The highest BCUT2D eigenvalue weighted by Crippen LogP contribution is 2.48. The number of hydrogen-bond acceptors (Lipinski definition) is 6. The molecular weight excluding hydrogens is 384 g/mol. The molecule has 0 atom stereocenters. The third-order valence-electron chi connectivity index (χ3n) is 5.38. The molecule has 0 bridgehead atoms. The summed E-state index contributed by atoms with van der Waals surface area (Å²) in [6, 6.07) is 3.20. The van der Waals surface area contributed by atoms with E-state index in [4.69, 9.17) is 9.47 Å². The van der Waals surface area contributed by atoms with Crippen molar-refractivity contribution >= 4 is 23.1 Å². The standard InChI is InChI=1S/C24H18O6/c1-11-9-13-15(25)5-7-17(27)19(13)21(23(11)29-3)22-20-14(10-12(2)24(22)30-4)16(26)6-8-18(20)28/h5-10H,1-4H3. The molecule has 0 aromatic heterocycles. The van der Waals surface area contributed by atoms with Crippen LogP contribution >= 0.6 is 0 Å². The lowest BCUT2D eigenvalue weighted by molar-refractivity contribution is 0.0992. The van der Waals surface area contributed by atoms with Crippen molar-refractivity contribution in [1.29, 1.82) is 0 Å². The largest absolute Gasteiger partial charge is 0.496 e. The van der Waals surface area contributed by atoms with Gasteiger partial charge in [-0.25, -0.2) is 0 Å². The maximum atomic E-state index is 12.9. The maximum absolute atomic E-state index is 12.9. The van der Waals surface area contributed by atoms with Crippen molar-refractivity contribution in [1.82, 2.24) is 0 Å². The van der Waals surface area contributed by atoms with Crippen LogP contribution in [0, 0.1) is 13.8 Å². The summed E-state index contributed by atoms with van der Waals surface area (Å²) in [6.07, 6.45) is 4.84. The van der Waals surface area contributed by atoms with Crippen LogP contribution in [0.15, 0.2) is 36.4 Å². The quantitative estimate of drug-likeness (QED) is 0.775. The Balaban J connectivity index is 2.26. The molecule has 6 nitrogen and oxygen atoms in total. The van der Waals surface area contributed by atoms with Gasteiger partial charge < -0.3 is 9.47 Å². The Hall–Kier alpha value is -3.80. The van der Waals surface area contributed by atoms with Gasteiger partial charge in [-0.2, -0.15) is 0 Å². The number of ether oxygens (including phenoxy) is 2. The molecule has 2 aliphatic rings. The molecule has 0 aliphatic heterocycles. The van der Waals surface area contributed by atoms with Crippen LogP contribution in [0.5, 0.6) is 11.5 Å². The number of methoxy groups -OCH3 is 2. The summed E-state index contributed by atoms with van der Waals surface area (Å²) in [5, 5.41) is 0. The van der Waals surface area contributed by atoms with E-state index in [9.17, 15) is 19.2 Å². The average molecular weight is 402 g/mol. The Bertz CT molecular complexity index is 1150. The molecule has 4 rings (SSSR count). The zero-order valence-electron chi connectivity index (χ0n) is 16.9. The van der Waals surface area contributed by atoms with E-state index < -0.39 is 0 Å². The SMILES string of the molecule is COc1c(C)cc2c(c1-c1c(OC)c(C)cc3c1C(=O)C=CC3=O)C(=O)C=CC2=O. The first-order valence-electron chi connectivity index (χ1n) is 9.27. The fourth-order valence-electron chi connectivity index (χ4n) is 4.15. The van der Waals surface area contributed by atoms with Gasteiger partial charge in [-0.3, -0.25) is 19.2 Å². The molecule has 0 amide bonds. The van der Waals surface area contributed by atoms with Crippen LogP contribution in [0.25, 0.3) is 11.1 Å². The molecular formula is C24H18O6. The maximum Gasteiger partial charge on any atom is 0.187 e. The second kappa shape index (κ2) is 6.91. The number of allylic oxidation sites excluding steroid dienone is 4. The van der Waals surface area contributed by atoms with Gasteiger partial charge in [-0.15, -0.1) is 0 Å². The van der Waals surface area contributed by atoms with E-state index >= 15 is 0 Å². The minimum Gasteiger partial charge on any atom is -0.496 e. The van der Waals surface area contributed by atoms with Crippen LogP contribution < -0.4 is 9.47 Å². The Morgan fingerprint density at radius 2 is 0.867 bits per heavy atom. The van der Waals surface area contributed by atoms with Gasteiger partial charge in [0.1, 0.15) is 11.5 Å². The normalized spacial score (nSPS) is 14.7. The number of fused-ring (bicyclic) bond motifs is 2. The number of hydrogen-bond donors (Lipinski definition) is 0. The van der Waals surface area contributed by atoms with Gasteiger partial charge in [0.15, 0.2) is 23.1 Å². The Labute approximate surface area is 172 Å². The fourth-order valence-corrected chi connectivity index (χ4v) is 4.15. The second-order valence-electron chi connectivity index (χ2n) is 7.17. The lowest BCUT2D eigenvalue weighted by atomic mass is 9.79. The summed E-state index contributed by atoms with van der Waals surface area (Å²) in [6.45, 7) is 3.50. The number of carbonyl (C=O) groups is 4. The van der Waals surface area contributed by atoms with Gasteiger partial charge in [-0.05, 0) is 61.4 Å². The molecule has 2 aromatic carbocycles. The van der Waals surface area contributed by atoms with Gasteiger partial charge in [0, 0.05) is 33.4 Å². The highest BCUT2D eigenvalue weighted by molar-refractivity contribution is 6.29. The minimum absolute atomic E-state index is 0.130. The van der Waals surface area contributed by atoms with E-state index in [1.807, 2.05) is 0 Å². The zero-order valence-corrected chi connectivity index (χ0v) is 16.9. The number of rotatable bonds is 3. The molecule has 0 heterocycles. The van der Waals surface area contributed by atoms with Crippen molar-refractivity contribution < 1.29 is 28.7 Å². The third-order valence-corrected chi connectivity index (χ3v) is 5.38. The van der Waals surface area contributed by atoms with E-state index in [0.29, 0.717) is 22.6 Å². The van der Waals surface area contributed by atoms with Crippen LogP contribution in [0.3, 0.4) is 0 Å². The van der Waals surface area contributed by atoms with Gasteiger partial charge >= 0.3 is 0 Å².